The molecule has 0 radical (unpaired) electrons. The van der Waals surface area contributed by atoms with Crippen molar-refractivity contribution in [2.75, 3.05) is 14.2 Å². The second kappa shape index (κ2) is 4.98. The fourth-order valence-electron chi connectivity index (χ4n) is 2.17. The lowest BCUT2D eigenvalue weighted by atomic mass is 10.00. The maximum atomic E-state index is 10.1. The van der Waals surface area contributed by atoms with Gasteiger partial charge in [-0.2, -0.15) is 0 Å². The Balaban J connectivity index is 2.51. The second-order valence-corrected chi connectivity index (χ2v) is 5.20. The molecule has 18 heavy (non-hydrogen) atoms. The summed E-state index contributed by atoms with van der Waals surface area (Å²) >= 11 is 6.41. The van der Waals surface area contributed by atoms with Crippen molar-refractivity contribution in [1.82, 2.24) is 0 Å². The minimum atomic E-state index is -0.603. The van der Waals surface area contributed by atoms with Crippen molar-refractivity contribution in [2.45, 2.75) is 38.2 Å². The molecule has 1 aliphatic rings. The molecule has 0 aliphatic heterocycles. The molecule has 1 saturated carbocycles. The lowest BCUT2D eigenvalue weighted by Gasteiger charge is -2.19. The monoisotopic (exact) mass is 270 g/mol. The van der Waals surface area contributed by atoms with Gasteiger partial charge in [0.1, 0.15) is 0 Å². The highest BCUT2D eigenvalue weighted by Gasteiger charge is 2.42. The third kappa shape index (κ3) is 2.43. The van der Waals surface area contributed by atoms with E-state index in [9.17, 15) is 5.11 Å². The largest absolute Gasteiger partial charge is 0.493 e. The van der Waals surface area contributed by atoms with E-state index < -0.39 is 5.60 Å². The molecule has 4 heteroatoms. The molecule has 3 nitrogen and oxygen atoms in total. The normalized spacial score (nSPS) is 16.5. The summed E-state index contributed by atoms with van der Waals surface area (Å²) in [5, 5.41) is 10.8. The van der Waals surface area contributed by atoms with E-state index >= 15 is 0 Å². The number of hydrogen-bond donors (Lipinski definition) is 1. The number of aryl methyl sites for hydroxylation is 1. The van der Waals surface area contributed by atoms with Gasteiger partial charge in [0.05, 0.1) is 24.8 Å². The van der Waals surface area contributed by atoms with Gasteiger partial charge < -0.3 is 14.6 Å². The predicted molar refractivity (Wildman–Crippen MR) is 71.8 cm³/mol. The lowest BCUT2D eigenvalue weighted by Crippen LogP contribution is -2.13. The van der Waals surface area contributed by atoms with Crippen molar-refractivity contribution in [1.29, 1.82) is 0 Å². The van der Waals surface area contributed by atoms with Crippen LogP contribution in [0.5, 0.6) is 11.5 Å². The minimum Gasteiger partial charge on any atom is -0.493 e. The summed E-state index contributed by atoms with van der Waals surface area (Å²) in [6.45, 7) is 2.04. The topological polar surface area (TPSA) is 38.7 Å². The molecule has 1 fully saturated rings. The van der Waals surface area contributed by atoms with E-state index in [2.05, 4.69) is 0 Å². The zero-order valence-corrected chi connectivity index (χ0v) is 11.8. The maximum Gasteiger partial charge on any atom is 0.165 e. The van der Waals surface area contributed by atoms with E-state index in [0.717, 1.165) is 30.4 Å². The minimum absolute atomic E-state index is 0.527. The fraction of sp³-hybridized carbons (Fsp3) is 0.571. The molecule has 2 rings (SSSR count). The van der Waals surface area contributed by atoms with Gasteiger partial charge in [0.2, 0.25) is 0 Å². The van der Waals surface area contributed by atoms with Crippen LogP contribution in [-0.2, 0) is 12.8 Å². The first-order valence-corrected chi connectivity index (χ1v) is 6.57. The lowest BCUT2D eigenvalue weighted by molar-refractivity contribution is 0.149. The number of benzene rings is 1. The van der Waals surface area contributed by atoms with Crippen LogP contribution in [0.4, 0.5) is 0 Å². The van der Waals surface area contributed by atoms with E-state index in [4.69, 9.17) is 21.1 Å². The summed E-state index contributed by atoms with van der Waals surface area (Å²) in [6, 6.07) is 1.90. The summed E-state index contributed by atoms with van der Waals surface area (Å²) in [7, 11) is 3.21. The number of ether oxygens (including phenoxy) is 2. The Kier molecular flexibility index (Phi) is 3.74. The van der Waals surface area contributed by atoms with Gasteiger partial charge in [-0.25, -0.2) is 0 Å². The first kappa shape index (κ1) is 13.5. The van der Waals surface area contributed by atoms with E-state index in [0.29, 0.717) is 22.9 Å². The number of halogens is 1. The third-order valence-electron chi connectivity index (χ3n) is 3.49. The third-order valence-corrected chi connectivity index (χ3v) is 3.96. The molecule has 1 aromatic rings. The van der Waals surface area contributed by atoms with Crippen LogP contribution in [0.15, 0.2) is 6.07 Å². The molecule has 1 aromatic carbocycles. The highest BCUT2D eigenvalue weighted by atomic mass is 35.5. The average molecular weight is 271 g/mol. The smallest absolute Gasteiger partial charge is 0.165 e. The quantitative estimate of drug-likeness (QED) is 0.894. The second-order valence-electron chi connectivity index (χ2n) is 4.82. The fourth-order valence-corrected chi connectivity index (χ4v) is 2.51. The molecular weight excluding hydrogens is 252 g/mol. The zero-order chi connectivity index (χ0) is 13.3. The summed E-state index contributed by atoms with van der Waals surface area (Å²) in [5.41, 5.74) is 1.28. The van der Waals surface area contributed by atoms with E-state index in [1.54, 1.807) is 14.2 Å². The van der Waals surface area contributed by atoms with Gasteiger partial charge in [-0.3, -0.25) is 0 Å². The Labute approximate surface area is 113 Å². The van der Waals surface area contributed by atoms with Crippen LogP contribution in [0, 0.1) is 0 Å². The standard InChI is InChI=1S/C14H19ClO3/c1-4-9-7-11(17-2)13(18-3)10(12(9)15)8-14(16)5-6-14/h7,16H,4-6,8H2,1-3H3. The van der Waals surface area contributed by atoms with Crippen LogP contribution in [0.2, 0.25) is 5.02 Å². The summed E-state index contributed by atoms with van der Waals surface area (Å²) < 4.78 is 10.7. The van der Waals surface area contributed by atoms with Crippen LogP contribution < -0.4 is 9.47 Å². The van der Waals surface area contributed by atoms with Crippen LogP contribution >= 0.6 is 11.6 Å². The van der Waals surface area contributed by atoms with Gasteiger partial charge in [0.15, 0.2) is 11.5 Å². The van der Waals surface area contributed by atoms with Crippen LogP contribution in [0.1, 0.15) is 30.9 Å². The molecule has 0 aromatic heterocycles. The first-order valence-electron chi connectivity index (χ1n) is 6.19. The Morgan fingerprint density at radius 1 is 1.33 bits per heavy atom. The predicted octanol–water partition coefficient (Wildman–Crippen LogP) is 2.99. The maximum absolute atomic E-state index is 10.1. The molecule has 0 heterocycles. The molecule has 100 valence electrons. The Hall–Kier alpha value is -0.930. The Morgan fingerprint density at radius 3 is 2.44 bits per heavy atom. The SMILES string of the molecule is CCc1cc(OC)c(OC)c(CC2(O)CC2)c1Cl. The Bertz CT molecular complexity index is 453. The zero-order valence-electron chi connectivity index (χ0n) is 11.0. The van der Waals surface area contributed by atoms with Crippen LogP contribution in [0.3, 0.4) is 0 Å². The van der Waals surface area contributed by atoms with Crippen molar-refractivity contribution in [3.8, 4) is 11.5 Å². The molecule has 0 unspecified atom stereocenters. The number of aliphatic hydroxyl groups is 1. The summed E-state index contributed by atoms with van der Waals surface area (Å²) in [6.07, 6.45) is 3.00. The summed E-state index contributed by atoms with van der Waals surface area (Å²) in [5.74, 6) is 1.32. The molecule has 1 aliphatic carbocycles. The van der Waals surface area contributed by atoms with Gasteiger partial charge >= 0.3 is 0 Å². The molecule has 0 atom stereocenters. The van der Waals surface area contributed by atoms with Gasteiger partial charge in [-0.15, -0.1) is 0 Å². The van der Waals surface area contributed by atoms with Crippen molar-refractivity contribution in [2.24, 2.45) is 0 Å². The molecule has 0 bridgehead atoms. The van der Waals surface area contributed by atoms with Crippen molar-refractivity contribution < 1.29 is 14.6 Å². The molecular formula is C14H19ClO3. The van der Waals surface area contributed by atoms with Gasteiger partial charge in [0, 0.05) is 12.0 Å². The average Bonchev–Trinajstić information content (AvgIpc) is 3.09. The van der Waals surface area contributed by atoms with Crippen LogP contribution in [0.25, 0.3) is 0 Å². The highest BCUT2D eigenvalue weighted by molar-refractivity contribution is 6.32. The van der Waals surface area contributed by atoms with E-state index in [1.807, 2.05) is 13.0 Å². The van der Waals surface area contributed by atoms with Gasteiger partial charge in [-0.05, 0) is 30.9 Å². The molecule has 1 N–H and O–H groups in total. The molecule has 0 saturated heterocycles. The van der Waals surface area contributed by atoms with Crippen molar-refractivity contribution in [3.63, 3.8) is 0 Å². The molecule has 0 amide bonds. The van der Waals surface area contributed by atoms with Crippen molar-refractivity contribution in [3.05, 3.63) is 22.2 Å². The highest BCUT2D eigenvalue weighted by Crippen LogP contribution is 2.46. The van der Waals surface area contributed by atoms with E-state index in [-0.39, 0.29) is 0 Å². The number of rotatable bonds is 5. The van der Waals surface area contributed by atoms with Crippen molar-refractivity contribution >= 4 is 11.6 Å². The van der Waals surface area contributed by atoms with E-state index in [1.165, 1.54) is 0 Å². The first-order chi connectivity index (χ1) is 8.54. The number of methoxy groups -OCH3 is 2. The van der Waals surface area contributed by atoms with Gasteiger partial charge in [-0.1, -0.05) is 18.5 Å². The Morgan fingerprint density at radius 2 is 2.00 bits per heavy atom. The number of hydrogen-bond acceptors (Lipinski definition) is 3. The molecule has 0 spiro atoms. The summed E-state index contributed by atoms with van der Waals surface area (Å²) in [4.78, 5) is 0. The van der Waals surface area contributed by atoms with Gasteiger partial charge in [0.25, 0.3) is 0 Å². The van der Waals surface area contributed by atoms with Crippen LogP contribution in [-0.4, -0.2) is 24.9 Å².